The number of carbonyl (C=O) groups is 2. The summed E-state index contributed by atoms with van der Waals surface area (Å²) in [6, 6.07) is 0. The number of unbranched alkanes of at least 4 members (excludes halogenated alkanes) is 19. The fraction of sp³-hybridized carbons (Fsp3) is 0.900. The molecule has 0 aromatic heterocycles. The van der Waals surface area contributed by atoms with Crippen molar-refractivity contribution in [3.05, 3.63) is 12.2 Å². The van der Waals surface area contributed by atoms with Crippen molar-refractivity contribution in [1.82, 2.24) is 0 Å². The molecule has 0 spiro atoms. The van der Waals surface area contributed by atoms with E-state index in [4.69, 9.17) is 28.5 Å². The Balaban J connectivity index is 2.36. The van der Waals surface area contributed by atoms with E-state index in [0.717, 1.165) is 64.2 Å². The molecule has 14 nitrogen and oxygen atoms in total. The molecule has 0 aromatic rings. The number of aliphatic hydroxyl groups is 1. The van der Waals surface area contributed by atoms with Gasteiger partial charge in [0.2, 0.25) is 0 Å². The van der Waals surface area contributed by atoms with Crippen LogP contribution in [0, 0.1) is 0 Å². The van der Waals surface area contributed by atoms with Crippen LogP contribution in [0.4, 0.5) is 0 Å². The Morgan fingerprint density at radius 2 is 1.11 bits per heavy atom. The minimum atomic E-state index is -4.86. The van der Waals surface area contributed by atoms with E-state index in [1.54, 1.807) is 0 Å². The van der Waals surface area contributed by atoms with Crippen LogP contribution in [0.3, 0.4) is 0 Å². The van der Waals surface area contributed by atoms with Crippen LogP contribution >= 0.6 is 15.6 Å². The first kappa shape index (κ1) is 52.8. The normalized spacial score (nSPS) is 17.8. The number of phosphoric ester groups is 2. The van der Waals surface area contributed by atoms with E-state index in [1.807, 2.05) is 0 Å². The fourth-order valence-electron chi connectivity index (χ4n) is 6.18. The molecule has 0 saturated carbocycles. The molecule has 1 aliphatic rings. The highest BCUT2D eigenvalue weighted by atomic mass is 31.2. The molecular weight excluding hydrogens is 766 g/mol. The first-order valence-electron chi connectivity index (χ1n) is 21.5. The van der Waals surface area contributed by atoms with Crippen LogP contribution in [0.5, 0.6) is 0 Å². The number of phosphoric acid groups is 2. The zero-order chi connectivity index (χ0) is 41.3. The summed E-state index contributed by atoms with van der Waals surface area (Å²) in [6.07, 6.45) is 29.4. The van der Waals surface area contributed by atoms with Gasteiger partial charge in [-0.05, 0) is 38.5 Å². The first-order valence-corrected chi connectivity index (χ1v) is 24.5. The summed E-state index contributed by atoms with van der Waals surface area (Å²) < 4.78 is 53.5. The van der Waals surface area contributed by atoms with Crippen molar-refractivity contribution in [2.45, 2.75) is 205 Å². The van der Waals surface area contributed by atoms with Gasteiger partial charge in [-0.25, -0.2) is 9.13 Å². The lowest BCUT2D eigenvalue weighted by molar-refractivity contribution is -0.161. The van der Waals surface area contributed by atoms with Gasteiger partial charge in [0.1, 0.15) is 12.7 Å². The summed E-state index contributed by atoms with van der Waals surface area (Å²) in [5, 5.41) is 9.74. The van der Waals surface area contributed by atoms with Crippen molar-refractivity contribution < 1.29 is 66.3 Å². The molecule has 1 fully saturated rings. The topological polar surface area (TPSA) is 208 Å². The van der Waals surface area contributed by atoms with Gasteiger partial charge in [0.25, 0.3) is 0 Å². The van der Waals surface area contributed by atoms with Crippen LogP contribution < -0.4 is 0 Å². The Hall–Kier alpha value is -1.18. The molecule has 330 valence electrons. The van der Waals surface area contributed by atoms with Gasteiger partial charge in [0.05, 0.1) is 32.0 Å². The number of aliphatic hydroxyl groups excluding tert-OH is 1. The van der Waals surface area contributed by atoms with E-state index in [9.17, 15) is 28.7 Å². The second-order valence-electron chi connectivity index (χ2n) is 15.0. The van der Waals surface area contributed by atoms with Gasteiger partial charge >= 0.3 is 27.6 Å². The van der Waals surface area contributed by atoms with E-state index < -0.39 is 59.6 Å². The van der Waals surface area contributed by atoms with Crippen molar-refractivity contribution in [2.75, 3.05) is 26.4 Å². The molecule has 0 aromatic carbocycles. The minimum absolute atomic E-state index is 0.114. The molecule has 0 amide bonds. The number of allylic oxidation sites excluding steroid dienone is 1. The van der Waals surface area contributed by atoms with E-state index in [0.29, 0.717) is 25.0 Å². The SMILES string of the molecule is CCCCCCCCCCCCCCCC(=O)OC[C@H](COP(=O)(O)OC[C@@H](O)COP(=O)(O)O)OC(=O)CCCCCCC/C=C\CC1OC1CCCCC. The Kier molecular flexibility index (Phi) is 31.7. The number of rotatable bonds is 40. The average molecular weight is 843 g/mol. The monoisotopic (exact) mass is 842 g/mol. The zero-order valence-corrected chi connectivity index (χ0v) is 36.2. The van der Waals surface area contributed by atoms with Gasteiger partial charge in [-0.1, -0.05) is 142 Å². The first-order chi connectivity index (χ1) is 26.8. The van der Waals surface area contributed by atoms with Gasteiger partial charge in [0.15, 0.2) is 6.10 Å². The van der Waals surface area contributed by atoms with E-state index in [1.165, 1.54) is 77.0 Å². The minimum Gasteiger partial charge on any atom is -0.462 e. The summed E-state index contributed by atoms with van der Waals surface area (Å²) in [4.78, 5) is 52.6. The van der Waals surface area contributed by atoms with E-state index >= 15 is 0 Å². The van der Waals surface area contributed by atoms with Crippen molar-refractivity contribution in [1.29, 1.82) is 0 Å². The molecule has 0 aliphatic carbocycles. The highest BCUT2D eigenvalue weighted by Gasteiger charge is 2.36. The third-order valence-corrected chi connectivity index (χ3v) is 11.0. The highest BCUT2D eigenvalue weighted by molar-refractivity contribution is 7.47. The maximum atomic E-state index is 12.7. The predicted molar refractivity (Wildman–Crippen MR) is 216 cm³/mol. The third-order valence-electron chi connectivity index (χ3n) is 9.57. The standard InChI is InChI=1S/C40H76O14P2/c1-3-5-7-8-9-10-11-12-13-14-18-21-25-29-39(42)49-33-36(34-52-56(47,48)51-32-35(41)31-50-55(44,45)46)53-40(43)30-26-22-19-16-15-17-20-24-28-38-37(54-38)27-23-6-4-2/h20,24,35-38,41H,3-19,21-23,25-34H2,1-2H3,(H,47,48)(H2,44,45,46)/b24-20-/t35-,36+,37?,38?/m0/s1. The predicted octanol–water partition coefficient (Wildman–Crippen LogP) is 9.55. The molecule has 16 heteroatoms. The van der Waals surface area contributed by atoms with Crippen molar-refractivity contribution in [3.63, 3.8) is 0 Å². The highest BCUT2D eigenvalue weighted by Crippen LogP contribution is 2.44. The van der Waals surface area contributed by atoms with Crippen LogP contribution in [0.1, 0.15) is 181 Å². The summed E-state index contributed by atoms with van der Waals surface area (Å²) >= 11 is 0. The average Bonchev–Trinajstić information content (AvgIpc) is 3.91. The lowest BCUT2D eigenvalue weighted by Gasteiger charge is -2.20. The second-order valence-corrected chi connectivity index (χ2v) is 17.7. The maximum absolute atomic E-state index is 12.7. The van der Waals surface area contributed by atoms with Gasteiger partial charge in [-0.3, -0.25) is 23.2 Å². The number of hydrogen-bond acceptors (Lipinski definition) is 11. The second kappa shape index (κ2) is 33.6. The Labute approximate surface area is 337 Å². The Morgan fingerprint density at radius 1 is 0.607 bits per heavy atom. The third kappa shape index (κ3) is 33.8. The van der Waals surface area contributed by atoms with Crippen molar-refractivity contribution in [3.8, 4) is 0 Å². The summed E-state index contributed by atoms with van der Waals surface area (Å²) in [5.74, 6) is -1.05. The number of esters is 2. The summed E-state index contributed by atoms with van der Waals surface area (Å²) in [7, 11) is -9.67. The van der Waals surface area contributed by atoms with Gasteiger partial charge in [-0.2, -0.15) is 0 Å². The summed E-state index contributed by atoms with van der Waals surface area (Å²) in [6.45, 7) is 1.72. The van der Waals surface area contributed by atoms with E-state index in [-0.39, 0.29) is 19.4 Å². The molecule has 0 radical (unpaired) electrons. The molecule has 56 heavy (non-hydrogen) atoms. The fourth-order valence-corrected chi connectivity index (χ4v) is 7.33. The number of hydrogen-bond donors (Lipinski definition) is 4. The van der Waals surface area contributed by atoms with Crippen LogP contribution in [0.15, 0.2) is 12.2 Å². The van der Waals surface area contributed by atoms with Crippen molar-refractivity contribution >= 4 is 27.6 Å². The molecule has 3 unspecified atom stereocenters. The Bertz CT molecular complexity index is 1120. The Morgan fingerprint density at radius 3 is 1.70 bits per heavy atom. The van der Waals surface area contributed by atoms with Crippen LogP contribution in [-0.2, 0) is 46.5 Å². The van der Waals surface area contributed by atoms with E-state index in [2.05, 4.69) is 35.0 Å². The lowest BCUT2D eigenvalue weighted by atomic mass is 10.0. The number of carbonyl (C=O) groups excluding carboxylic acids is 2. The maximum Gasteiger partial charge on any atom is 0.472 e. The molecule has 1 saturated heterocycles. The molecule has 1 aliphatic heterocycles. The molecule has 5 atom stereocenters. The number of ether oxygens (including phenoxy) is 3. The van der Waals surface area contributed by atoms with Crippen LogP contribution in [0.2, 0.25) is 0 Å². The molecule has 0 bridgehead atoms. The van der Waals surface area contributed by atoms with Crippen LogP contribution in [0.25, 0.3) is 0 Å². The largest absolute Gasteiger partial charge is 0.472 e. The molecule has 4 N–H and O–H groups in total. The quantitative estimate of drug-likeness (QED) is 0.0149. The molecule has 1 heterocycles. The van der Waals surface area contributed by atoms with Gasteiger partial charge in [-0.15, -0.1) is 0 Å². The van der Waals surface area contributed by atoms with Gasteiger partial charge in [0, 0.05) is 12.8 Å². The zero-order valence-electron chi connectivity index (χ0n) is 34.4. The number of epoxide rings is 1. The van der Waals surface area contributed by atoms with Crippen molar-refractivity contribution in [2.24, 2.45) is 0 Å². The molecular formula is C40H76O14P2. The molecule has 1 rings (SSSR count). The summed E-state index contributed by atoms with van der Waals surface area (Å²) in [5.41, 5.74) is 0. The smallest absolute Gasteiger partial charge is 0.462 e. The lowest BCUT2D eigenvalue weighted by Crippen LogP contribution is -2.30. The van der Waals surface area contributed by atoms with Gasteiger partial charge < -0.3 is 34.0 Å². The van der Waals surface area contributed by atoms with Crippen LogP contribution in [-0.4, -0.2) is 82.6 Å².